The topological polar surface area (TPSA) is 77.0 Å². The maximum absolute atomic E-state index is 5.34. The molecule has 0 fully saturated rings. The first-order valence-corrected chi connectivity index (χ1v) is 5.16. The minimum atomic E-state index is 0.0493. The molecule has 0 amide bonds. The van der Waals surface area contributed by atoms with Gasteiger partial charge in [0.25, 0.3) is 0 Å². The van der Waals surface area contributed by atoms with E-state index in [4.69, 9.17) is 10.2 Å². The second-order valence-electron chi connectivity index (χ2n) is 3.63. The highest BCUT2D eigenvalue weighted by Crippen LogP contribution is 2.21. The zero-order valence-electron chi connectivity index (χ0n) is 8.92. The summed E-state index contributed by atoms with van der Waals surface area (Å²) >= 11 is 0. The van der Waals surface area contributed by atoms with Crippen LogP contribution in [0.4, 0.5) is 17.7 Å². The van der Waals surface area contributed by atoms with Crippen LogP contribution in [0.15, 0.2) is 46.9 Å². The number of anilines is 3. The number of nitrogens with two attached hydrogens (primary N) is 1. The third kappa shape index (κ3) is 1.90. The van der Waals surface area contributed by atoms with Crippen molar-refractivity contribution in [2.45, 2.75) is 0 Å². The van der Waals surface area contributed by atoms with Crippen LogP contribution in [0.2, 0.25) is 0 Å². The molecule has 3 rings (SSSR count). The van der Waals surface area contributed by atoms with Gasteiger partial charge in [-0.05, 0) is 22.9 Å². The van der Waals surface area contributed by atoms with E-state index < -0.39 is 0 Å². The van der Waals surface area contributed by atoms with Gasteiger partial charge in [0.1, 0.15) is 0 Å². The number of nitrogens with zero attached hydrogens (tertiary/aromatic N) is 2. The minimum absolute atomic E-state index is 0.0493. The molecule has 0 aliphatic heterocycles. The first-order chi connectivity index (χ1) is 8.31. The van der Waals surface area contributed by atoms with Gasteiger partial charge in [-0.2, -0.15) is 0 Å². The summed E-state index contributed by atoms with van der Waals surface area (Å²) in [6.07, 6.45) is 0. The lowest BCUT2D eigenvalue weighted by molar-refractivity contribution is 0.593. The van der Waals surface area contributed by atoms with Crippen LogP contribution < -0.4 is 11.1 Å². The van der Waals surface area contributed by atoms with Crippen LogP contribution in [0.25, 0.3) is 10.8 Å². The van der Waals surface area contributed by atoms with Crippen LogP contribution in [-0.2, 0) is 0 Å². The second kappa shape index (κ2) is 3.79. The Kier molecular flexibility index (Phi) is 2.15. The molecule has 0 spiro atoms. The van der Waals surface area contributed by atoms with Crippen molar-refractivity contribution in [3.05, 3.63) is 42.5 Å². The van der Waals surface area contributed by atoms with E-state index in [0.29, 0.717) is 0 Å². The first-order valence-electron chi connectivity index (χ1n) is 5.16. The molecule has 2 aromatic carbocycles. The Morgan fingerprint density at radius 2 is 1.82 bits per heavy atom. The van der Waals surface area contributed by atoms with Gasteiger partial charge in [0, 0.05) is 5.69 Å². The lowest BCUT2D eigenvalue weighted by atomic mass is 10.1. The fraction of sp³-hybridized carbons (Fsp3) is 0. The number of nitrogens with one attached hydrogen (secondary N) is 1. The molecule has 0 atom stereocenters. The van der Waals surface area contributed by atoms with Crippen molar-refractivity contribution in [2.75, 3.05) is 11.1 Å². The van der Waals surface area contributed by atoms with Crippen LogP contribution in [0, 0.1) is 0 Å². The SMILES string of the molecule is Nc1nnc(Nc2ccc3ccccc3c2)o1. The Hall–Kier alpha value is -2.56. The molecule has 0 aliphatic carbocycles. The Morgan fingerprint density at radius 3 is 2.59 bits per heavy atom. The maximum Gasteiger partial charge on any atom is 0.321 e. The fourth-order valence-electron chi connectivity index (χ4n) is 1.68. The lowest BCUT2D eigenvalue weighted by Gasteiger charge is -2.03. The Morgan fingerprint density at radius 1 is 1.00 bits per heavy atom. The van der Waals surface area contributed by atoms with Gasteiger partial charge < -0.3 is 15.5 Å². The van der Waals surface area contributed by atoms with E-state index in [0.717, 1.165) is 11.1 Å². The van der Waals surface area contributed by atoms with Gasteiger partial charge in [-0.3, -0.25) is 0 Å². The molecular weight excluding hydrogens is 216 g/mol. The third-order valence-corrected chi connectivity index (χ3v) is 2.44. The summed E-state index contributed by atoms with van der Waals surface area (Å²) in [6, 6.07) is 14.4. The van der Waals surface area contributed by atoms with Crippen LogP contribution in [-0.4, -0.2) is 10.2 Å². The number of nitrogen functional groups attached to an aromatic ring is 1. The highest BCUT2D eigenvalue weighted by atomic mass is 16.4. The highest BCUT2D eigenvalue weighted by Gasteiger charge is 2.03. The van der Waals surface area contributed by atoms with Crippen molar-refractivity contribution in [3.63, 3.8) is 0 Å². The maximum atomic E-state index is 5.34. The molecule has 0 unspecified atom stereocenters. The summed E-state index contributed by atoms with van der Waals surface area (Å²) in [5, 5.41) is 12.6. The van der Waals surface area contributed by atoms with Gasteiger partial charge in [0.15, 0.2) is 0 Å². The summed E-state index contributed by atoms with van der Waals surface area (Å²) in [5.74, 6) is 0. The molecule has 3 N–H and O–H groups in total. The van der Waals surface area contributed by atoms with Gasteiger partial charge in [-0.15, -0.1) is 0 Å². The second-order valence-corrected chi connectivity index (χ2v) is 3.63. The van der Waals surface area contributed by atoms with E-state index in [1.54, 1.807) is 0 Å². The normalized spacial score (nSPS) is 10.6. The number of rotatable bonds is 2. The van der Waals surface area contributed by atoms with Gasteiger partial charge in [0.05, 0.1) is 0 Å². The molecule has 17 heavy (non-hydrogen) atoms. The Balaban J connectivity index is 1.95. The average molecular weight is 226 g/mol. The standard InChI is InChI=1S/C12H10N4O/c13-11-15-16-12(17-11)14-10-6-5-8-3-1-2-4-9(8)7-10/h1-7H,(H2,13,15)(H,14,16). The number of hydrogen-bond donors (Lipinski definition) is 2. The summed E-state index contributed by atoms with van der Waals surface area (Å²) in [5.41, 5.74) is 6.22. The molecule has 3 aromatic rings. The molecular formula is C12H10N4O. The van der Waals surface area contributed by atoms with Gasteiger partial charge in [0.2, 0.25) is 0 Å². The first kappa shape index (κ1) is 9.65. The van der Waals surface area contributed by atoms with Crippen LogP contribution in [0.5, 0.6) is 0 Å². The molecule has 1 heterocycles. The van der Waals surface area contributed by atoms with Crippen molar-refractivity contribution in [1.82, 2.24) is 10.2 Å². The van der Waals surface area contributed by atoms with Crippen molar-refractivity contribution in [2.24, 2.45) is 0 Å². The van der Waals surface area contributed by atoms with E-state index in [9.17, 15) is 0 Å². The number of benzene rings is 2. The Labute approximate surface area is 97.3 Å². The predicted molar refractivity (Wildman–Crippen MR) is 65.9 cm³/mol. The monoisotopic (exact) mass is 226 g/mol. The predicted octanol–water partition coefficient (Wildman–Crippen LogP) is 2.55. The van der Waals surface area contributed by atoms with Gasteiger partial charge >= 0.3 is 12.0 Å². The van der Waals surface area contributed by atoms with Crippen molar-refractivity contribution in [1.29, 1.82) is 0 Å². The highest BCUT2D eigenvalue weighted by molar-refractivity contribution is 5.86. The molecule has 0 saturated carbocycles. The molecule has 1 aromatic heterocycles. The molecule has 5 heteroatoms. The molecule has 0 saturated heterocycles. The molecule has 0 aliphatic rings. The average Bonchev–Trinajstić information content (AvgIpc) is 2.75. The van der Waals surface area contributed by atoms with E-state index in [1.165, 1.54) is 5.39 Å². The van der Waals surface area contributed by atoms with Crippen LogP contribution >= 0.6 is 0 Å². The molecule has 84 valence electrons. The van der Waals surface area contributed by atoms with E-state index in [1.807, 2.05) is 36.4 Å². The Bertz CT molecular complexity index is 662. The van der Waals surface area contributed by atoms with Crippen molar-refractivity contribution in [3.8, 4) is 0 Å². The number of fused-ring (bicyclic) bond motifs is 1. The van der Waals surface area contributed by atoms with Crippen molar-refractivity contribution >= 4 is 28.5 Å². The van der Waals surface area contributed by atoms with E-state index in [2.05, 4.69) is 21.6 Å². The van der Waals surface area contributed by atoms with Crippen molar-refractivity contribution < 1.29 is 4.42 Å². The summed E-state index contributed by atoms with van der Waals surface area (Å²) in [6.45, 7) is 0. The van der Waals surface area contributed by atoms with Crippen LogP contribution in [0.1, 0.15) is 0 Å². The van der Waals surface area contributed by atoms with E-state index >= 15 is 0 Å². The summed E-state index contributed by atoms with van der Waals surface area (Å²) in [7, 11) is 0. The fourth-order valence-corrected chi connectivity index (χ4v) is 1.68. The smallest absolute Gasteiger partial charge is 0.321 e. The molecule has 0 radical (unpaired) electrons. The van der Waals surface area contributed by atoms with E-state index in [-0.39, 0.29) is 12.0 Å². The summed E-state index contributed by atoms with van der Waals surface area (Å²) < 4.78 is 5.04. The number of aromatic nitrogens is 2. The zero-order chi connectivity index (χ0) is 11.7. The minimum Gasteiger partial charge on any atom is -0.389 e. The largest absolute Gasteiger partial charge is 0.389 e. The molecule has 0 bridgehead atoms. The summed E-state index contributed by atoms with van der Waals surface area (Å²) in [4.78, 5) is 0. The third-order valence-electron chi connectivity index (χ3n) is 2.44. The molecule has 5 nitrogen and oxygen atoms in total. The van der Waals surface area contributed by atoms with Gasteiger partial charge in [-0.1, -0.05) is 40.5 Å². The quantitative estimate of drug-likeness (QED) is 0.702. The van der Waals surface area contributed by atoms with Gasteiger partial charge in [-0.25, -0.2) is 0 Å². The van der Waals surface area contributed by atoms with Crippen LogP contribution in [0.3, 0.4) is 0 Å². The lowest BCUT2D eigenvalue weighted by Crippen LogP contribution is -1.90. The number of hydrogen-bond acceptors (Lipinski definition) is 5. The zero-order valence-corrected chi connectivity index (χ0v) is 8.92.